The van der Waals surface area contributed by atoms with E-state index in [-0.39, 0.29) is 12.5 Å². The van der Waals surface area contributed by atoms with Gasteiger partial charge in [0, 0.05) is 18.7 Å². The number of para-hydroxylation sites is 1. The van der Waals surface area contributed by atoms with Crippen LogP contribution in [0.5, 0.6) is 0 Å². The summed E-state index contributed by atoms with van der Waals surface area (Å²) in [5, 5.41) is 10.7. The Labute approximate surface area is 184 Å². The number of morpholine rings is 1. The van der Waals surface area contributed by atoms with Crippen molar-refractivity contribution in [2.75, 3.05) is 36.5 Å². The van der Waals surface area contributed by atoms with Crippen LogP contribution < -0.4 is 10.2 Å². The summed E-state index contributed by atoms with van der Waals surface area (Å²) in [4.78, 5) is 15.1. The van der Waals surface area contributed by atoms with E-state index in [9.17, 15) is 4.79 Å². The van der Waals surface area contributed by atoms with Crippen LogP contribution in [-0.2, 0) is 16.1 Å². The maximum absolute atomic E-state index is 12.9. The lowest BCUT2D eigenvalue weighted by Crippen LogP contribution is -2.37. The van der Waals surface area contributed by atoms with Crippen molar-refractivity contribution < 1.29 is 9.53 Å². The quantitative estimate of drug-likeness (QED) is 0.582. The van der Waals surface area contributed by atoms with Gasteiger partial charge in [-0.1, -0.05) is 41.4 Å². The Morgan fingerprint density at radius 2 is 2.03 bits per heavy atom. The van der Waals surface area contributed by atoms with Gasteiger partial charge in [0.1, 0.15) is 6.54 Å². The summed E-state index contributed by atoms with van der Waals surface area (Å²) >= 11 is 11.8. The molecule has 1 aliphatic heterocycles. The van der Waals surface area contributed by atoms with Crippen LogP contribution >= 0.6 is 23.8 Å². The average molecular weight is 444 g/mol. The molecule has 7 nitrogen and oxygen atoms in total. The van der Waals surface area contributed by atoms with Crippen LogP contribution in [0, 0.1) is 11.7 Å². The molecule has 9 heteroatoms. The number of hydrogen-bond acceptors (Lipinski definition) is 5. The Kier molecular flexibility index (Phi) is 6.17. The van der Waals surface area contributed by atoms with Gasteiger partial charge in [0.05, 0.1) is 29.6 Å². The number of rotatable bonds is 5. The number of nitrogens with zero attached hydrogens (tertiary/aromatic N) is 3. The lowest BCUT2D eigenvalue weighted by Gasteiger charge is -2.31. The molecule has 0 spiro atoms. The summed E-state index contributed by atoms with van der Waals surface area (Å²) < 4.78 is 7.51. The van der Waals surface area contributed by atoms with Gasteiger partial charge in [0.25, 0.3) is 0 Å². The number of anilines is 2. The van der Waals surface area contributed by atoms with Gasteiger partial charge in [-0.3, -0.25) is 14.5 Å². The molecule has 1 saturated heterocycles. The summed E-state index contributed by atoms with van der Waals surface area (Å²) in [6, 6.07) is 13.4. The second-order valence-electron chi connectivity index (χ2n) is 7.09. The number of amides is 1. The van der Waals surface area contributed by atoms with Crippen LogP contribution in [0.3, 0.4) is 0 Å². The molecule has 3 aromatic rings. The summed E-state index contributed by atoms with van der Waals surface area (Å²) in [5.74, 6) is 0.413. The maximum Gasteiger partial charge on any atom is 0.244 e. The molecule has 156 valence electrons. The molecule has 1 aromatic heterocycles. The number of aryl methyl sites for hydroxylation is 1. The molecule has 0 saturated carbocycles. The van der Waals surface area contributed by atoms with E-state index in [2.05, 4.69) is 20.4 Å². The van der Waals surface area contributed by atoms with E-state index in [1.54, 1.807) is 4.57 Å². The topological polar surface area (TPSA) is 75.2 Å². The van der Waals surface area contributed by atoms with Crippen LogP contribution in [0.1, 0.15) is 5.56 Å². The number of carbonyl (C=O) groups is 1. The highest BCUT2D eigenvalue weighted by atomic mass is 35.5. The van der Waals surface area contributed by atoms with Gasteiger partial charge >= 0.3 is 0 Å². The highest BCUT2D eigenvalue weighted by Gasteiger charge is 2.20. The minimum absolute atomic E-state index is 0.0354. The SMILES string of the molecule is Cc1cccc(-c2n[nH]c(=S)n2CC(=O)Nc2cccc(Cl)c2N2CCOCC2)c1. The van der Waals surface area contributed by atoms with Crippen LogP contribution in [0.4, 0.5) is 11.4 Å². The van der Waals surface area contributed by atoms with Gasteiger partial charge in [0.2, 0.25) is 5.91 Å². The maximum atomic E-state index is 12.9. The smallest absolute Gasteiger partial charge is 0.244 e. The van der Waals surface area contributed by atoms with E-state index in [1.165, 1.54) is 0 Å². The number of hydrogen-bond donors (Lipinski definition) is 2. The number of H-pyrrole nitrogens is 1. The van der Waals surface area contributed by atoms with Gasteiger partial charge in [0.15, 0.2) is 10.6 Å². The van der Waals surface area contributed by atoms with Crippen molar-refractivity contribution in [3.63, 3.8) is 0 Å². The minimum atomic E-state index is -0.210. The lowest BCUT2D eigenvalue weighted by atomic mass is 10.1. The van der Waals surface area contributed by atoms with E-state index in [1.807, 2.05) is 49.4 Å². The third kappa shape index (κ3) is 4.40. The summed E-state index contributed by atoms with van der Waals surface area (Å²) in [6.45, 7) is 4.74. The second-order valence-corrected chi connectivity index (χ2v) is 7.89. The molecule has 2 heterocycles. The predicted octanol–water partition coefficient (Wildman–Crippen LogP) is 4.04. The molecule has 1 amide bonds. The Morgan fingerprint density at radius 1 is 1.27 bits per heavy atom. The Morgan fingerprint density at radius 3 is 2.80 bits per heavy atom. The zero-order valence-electron chi connectivity index (χ0n) is 16.5. The number of carbonyl (C=O) groups excluding carboxylic acids is 1. The fraction of sp³-hybridized carbons (Fsp3) is 0.286. The standard InChI is InChI=1S/C21H22ClN5O2S/c1-14-4-2-5-15(12-14)20-24-25-21(30)27(20)13-18(28)23-17-7-3-6-16(22)19(17)26-8-10-29-11-9-26/h2-7,12H,8-11,13H2,1H3,(H,23,28)(H,25,30). The molecule has 1 aliphatic rings. The van der Waals surface area contributed by atoms with Gasteiger partial charge in [-0.25, -0.2) is 0 Å². The van der Waals surface area contributed by atoms with Crippen molar-refractivity contribution in [2.45, 2.75) is 13.5 Å². The van der Waals surface area contributed by atoms with Crippen LogP contribution in [0.2, 0.25) is 5.02 Å². The predicted molar refractivity (Wildman–Crippen MR) is 121 cm³/mol. The largest absolute Gasteiger partial charge is 0.378 e. The molecule has 2 aromatic carbocycles. The number of ether oxygens (including phenoxy) is 1. The van der Waals surface area contributed by atoms with Crippen molar-refractivity contribution in [1.29, 1.82) is 0 Å². The molecule has 30 heavy (non-hydrogen) atoms. The highest BCUT2D eigenvalue weighted by molar-refractivity contribution is 7.71. The summed E-state index contributed by atoms with van der Waals surface area (Å²) in [7, 11) is 0. The molecular weight excluding hydrogens is 422 g/mol. The van der Waals surface area contributed by atoms with E-state index < -0.39 is 0 Å². The van der Waals surface area contributed by atoms with Crippen molar-refractivity contribution in [1.82, 2.24) is 14.8 Å². The zero-order valence-corrected chi connectivity index (χ0v) is 18.1. The third-order valence-electron chi connectivity index (χ3n) is 4.92. The Balaban J connectivity index is 1.58. The van der Waals surface area contributed by atoms with Crippen molar-refractivity contribution >= 4 is 41.1 Å². The number of halogens is 1. The zero-order chi connectivity index (χ0) is 21.1. The Bertz CT molecular complexity index is 1120. The van der Waals surface area contributed by atoms with Crippen LogP contribution in [-0.4, -0.2) is 47.0 Å². The summed E-state index contributed by atoms with van der Waals surface area (Å²) in [5.41, 5.74) is 3.48. The van der Waals surface area contributed by atoms with Gasteiger partial charge < -0.3 is 15.0 Å². The van der Waals surface area contributed by atoms with Crippen molar-refractivity contribution in [3.8, 4) is 11.4 Å². The second kappa shape index (κ2) is 8.99. The molecule has 0 aliphatic carbocycles. The monoisotopic (exact) mass is 443 g/mol. The normalized spacial score (nSPS) is 14.0. The van der Waals surface area contributed by atoms with Crippen molar-refractivity contribution in [3.05, 3.63) is 57.8 Å². The van der Waals surface area contributed by atoms with Gasteiger partial charge in [-0.05, 0) is 37.3 Å². The van der Waals surface area contributed by atoms with Crippen molar-refractivity contribution in [2.24, 2.45) is 0 Å². The fourth-order valence-electron chi connectivity index (χ4n) is 3.53. The van der Waals surface area contributed by atoms with Crippen LogP contribution in [0.15, 0.2) is 42.5 Å². The van der Waals surface area contributed by atoms with E-state index >= 15 is 0 Å². The lowest BCUT2D eigenvalue weighted by molar-refractivity contribution is -0.116. The van der Waals surface area contributed by atoms with E-state index in [0.717, 1.165) is 29.9 Å². The third-order valence-corrected chi connectivity index (χ3v) is 5.54. The first-order valence-electron chi connectivity index (χ1n) is 9.66. The molecule has 0 radical (unpaired) electrons. The molecule has 0 unspecified atom stereocenters. The van der Waals surface area contributed by atoms with E-state index in [0.29, 0.717) is 34.5 Å². The first kappa shape index (κ1) is 20.6. The number of aromatic nitrogens is 3. The molecule has 2 N–H and O–H groups in total. The summed E-state index contributed by atoms with van der Waals surface area (Å²) in [6.07, 6.45) is 0. The first-order valence-corrected chi connectivity index (χ1v) is 10.4. The molecular formula is C21H22ClN5O2S. The van der Waals surface area contributed by atoms with Gasteiger partial charge in [-0.15, -0.1) is 0 Å². The van der Waals surface area contributed by atoms with Gasteiger partial charge in [-0.2, -0.15) is 5.10 Å². The molecule has 4 rings (SSSR count). The highest BCUT2D eigenvalue weighted by Crippen LogP contribution is 2.34. The minimum Gasteiger partial charge on any atom is -0.378 e. The number of nitrogens with one attached hydrogen (secondary N) is 2. The molecule has 1 fully saturated rings. The average Bonchev–Trinajstić information content (AvgIpc) is 3.09. The van der Waals surface area contributed by atoms with Crippen LogP contribution in [0.25, 0.3) is 11.4 Å². The fourth-order valence-corrected chi connectivity index (χ4v) is 4.02. The molecule has 0 bridgehead atoms. The Hall–Kier alpha value is -2.68. The molecule has 0 atom stereocenters. The number of benzene rings is 2. The van der Waals surface area contributed by atoms with E-state index in [4.69, 9.17) is 28.6 Å². The number of aromatic amines is 1. The first-order chi connectivity index (χ1) is 14.5.